The van der Waals surface area contributed by atoms with E-state index < -0.39 is 0 Å². The highest BCUT2D eigenvalue weighted by Crippen LogP contribution is 2.33. The smallest absolute Gasteiger partial charge is 0.256 e. The van der Waals surface area contributed by atoms with Crippen LogP contribution in [0.15, 0.2) is 40.2 Å². The first-order valence-electron chi connectivity index (χ1n) is 5.54. The number of hydrogen-bond donors (Lipinski definition) is 1. The van der Waals surface area contributed by atoms with E-state index in [4.69, 9.17) is 10.2 Å². The maximum absolute atomic E-state index is 5.81. The van der Waals surface area contributed by atoms with E-state index in [0.29, 0.717) is 11.8 Å². The van der Waals surface area contributed by atoms with Crippen LogP contribution in [0.5, 0.6) is 0 Å². The molecule has 4 heteroatoms. The van der Waals surface area contributed by atoms with Gasteiger partial charge in [0.05, 0.1) is 10.9 Å². The first-order valence-corrected chi connectivity index (χ1v) is 6.42. The van der Waals surface area contributed by atoms with Crippen molar-refractivity contribution in [2.75, 3.05) is 6.54 Å². The molecule has 1 heterocycles. The van der Waals surface area contributed by atoms with E-state index in [1.54, 1.807) is 18.0 Å². The van der Waals surface area contributed by atoms with Gasteiger partial charge in [0.1, 0.15) is 6.26 Å². The average Bonchev–Trinajstić information content (AvgIpc) is 2.73. The lowest BCUT2D eigenvalue weighted by Gasteiger charge is -2.12. The van der Waals surface area contributed by atoms with Crippen LogP contribution in [0.3, 0.4) is 0 Å². The molecule has 0 amide bonds. The molecular weight excluding hydrogens is 232 g/mol. The van der Waals surface area contributed by atoms with Gasteiger partial charge in [-0.2, -0.15) is 0 Å². The molecule has 0 fully saturated rings. The van der Waals surface area contributed by atoms with Gasteiger partial charge in [0, 0.05) is 6.54 Å². The van der Waals surface area contributed by atoms with E-state index in [1.165, 1.54) is 11.1 Å². The largest absolute Gasteiger partial charge is 0.440 e. The second-order valence-electron chi connectivity index (χ2n) is 4.01. The quantitative estimate of drug-likeness (QED) is 0.845. The van der Waals surface area contributed by atoms with Crippen molar-refractivity contribution in [2.45, 2.75) is 24.3 Å². The first kappa shape index (κ1) is 12.2. The van der Waals surface area contributed by atoms with Crippen LogP contribution in [0.2, 0.25) is 0 Å². The number of aromatic nitrogens is 1. The van der Waals surface area contributed by atoms with Gasteiger partial charge in [0.2, 0.25) is 0 Å². The number of hydrogen-bond acceptors (Lipinski definition) is 4. The molecule has 2 rings (SSSR count). The van der Waals surface area contributed by atoms with Crippen molar-refractivity contribution < 1.29 is 4.42 Å². The highest BCUT2D eigenvalue weighted by Gasteiger charge is 2.14. The van der Waals surface area contributed by atoms with Crippen LogP contribution in [-0.4, -0.2) is 11.5 Å². The molecule has 2 N–H and O–H groups in total. The zero-order valence-corrected chi connectivity index (χ0v) is 10.8. The fourth-order valence-corrected chi connectivity index (χ4v) is 2.47. The molecule has 0 saturated carbocycles. The van der Waals surface area contributed by atoms with Gasteiger partial charge in [0.25, 0.3) is 5.22 Å². The highest BCUT2D eigenvalue weighted by molar-refractivity contribution is 7.99. The van der Waals surface area contributed by atoms with Gasteiger partial charge in [-0.25, -0.2) is 4.98 Å². The third kappa shape index (κ3) is 3.11. The van der Waals surface area contributed by atoms with E-state index in [0.717, 1.165) is 5.69 Å². The Kier molecular flexibility index (Phi) is 3.86. The van der Waals surface area contributed by atoms with Gasteiger partial charge in [-0.3, -0.25) is 0 Å². The molecule has 0 spiro atoms. The van der Waals surface area contributed by atoms with E-state index in [9.17, 15) is 0 Å². The molecule has 0 saturated heterocycles. The van der Waals surface area contributed by atoms with Crippen molar-refractivity contribution >= 4 is 11.8 Å². The number of nitrogens with two attached hydrogens (primary N) is 1. The lowest BCUT2D eigenvalue weighted by Crippen LogP contribution is -2.09. The topological polar surface area (TPSA) is 52.0 Å². The Morgan fingerprint density at radius 1 is 1.29 bits per heavy atom. The van der Waals surface area contributed by atoms with Crippen molar-refractivity contribution in [1.82, 2.24) is 4.98 Å². The second kappa shape index (κ2) is 5.38. The number of rotatable bonds is 4. The Labute approximate surface area is 105 Å². The molecule has 0 aliphatic heterocycles. The van der Waals surface area contributed by atoms with E-state index >= 15 is 0 Å². The van der Waals surface area contributed by atoms with Crippen LogP contribution in [0.4, 0.5) is 0 Å². The molecule has 1 aromatic heterocycles. The third-order valence-electron chi connectivity index (χ3n) is 2.50. The Morgan fingerprint density at radius 3 is 2.53 bits per heavy atom. The summed E-state index contributed by atoms with van der Waals surface area (Å²) in [6.45, 7) is 4.55. The Bertz CT molecular complexity index is 478. The van der Waals surface area contributed by atoms with Crippen molar-refractivity contribution in [1.29, 1.82) is 0 Å². The van der Waals surface area contributed by atoms with Gasteiger partial charge >= 0.3 is 0 Å². The molecule has 0 aliphatic carbocycles. The van der Waals surface area contributed by atoms with Crippen molar-refractivity contribution in [3.63, 3.8) is 0 Å². The number of oxazole rings is 1. The van der Waals surface area contributed by atoms with Gasteiger partial charge < -0.3 is 10.2 Å². The summed E-state index contributed by atoms with van der Waals surface area (Å²) in [5.74, 6) is 0. The molecule has 17 heavy (non-hydrogen) atoms. The summed E-state index contributed by atoms with van der Waals surface area (Å²) in [6.07, 6.45) is 1.66. The molecule has 3 nitrogen and oxygen atoms in total. The van der Waals surface area contributed by atoms with E-state index in [1.807, 2.05) is 6.92 Å². The first-order chi connectivity index (χ1) is 8.19. The molecule has 90 valence electrons. The van der Waals surface area contributed by atoms with Crippen molar-refractivity contribution in [2.24, 2.45) is 5.73 Å². The Hall–Kier alpha value is -1.26. The SMILES string of the molecule is Cc1ccc(C(CN)Sc2nc(C)co2)cc1. The highest BCUT2D eigenvalue weighted by atomic mass is 32.2. The molecular formula is C13H16N2OS. The van der Waals surface area contributed by atoms with Crippen LogP contribution in [-0.2, 0) is 0 Å². The summed E-state index contributed by atoms with van der Waals surface area (Å²) in [5, 5.41) is 0.868. The van der Waals surface area contributed by atoms with Gasteiger partial charge in [-0.1, -0.05) is 41.6 Å². The number of benzene rings is 1. The predicted molar refractivity (Wildman–Crippen MR) is 70.1 cm³/mol. The van der Waals surface area contributed by atoms with Crippen molar-refractivity contribution in [3.05, 3.63) is 47.3 Å². The number of aryl methyl sites for hydroxylation is 2. The molecule has 1 aromatic carbocycles. The van der Waals surface area contributed by atoms with Crippen LogP contribution in [0, 0.1) is 13.8 Å². The minimum Gasteiger partial charge on any atom is -0.440 e. The summed E-state index contributed by atoms with van der Waals surface area (Å²) < 4.78 is 5.34. The lowest BCUT2D eigenvalue weighted by molar-refractivity contribution is 0.453. The minimum atomic E-state index is 0.189. The monoisotopic (exact) mass is 248 g/mol. The predicted octanol–water partition coefficient (Wildman–Crippen LogP) is 3.08. The molecule has 1 unspecified atom stereocenters. The Morgan fingerprint density at radius 2 is 2.00 bits per heavy atom. The molecule has 0 aliphatic rings. The zero-order valence-electron chi connectivity index (χ0n) is 10.0. The summed E-state index contributed by atoms with van der Waals surface area (Å²) >= 11 is 1.57. The van der Waals surface area contributed by atoms with Crippen LogP contribution < -0.4 is 5.73 Å². The molecule has 0 radical (unpaired) electrons. The minimum absolute atomic E-state index is 0.189. The lowest BCUT2D eigenvalue weighted by atomic mass is 10.1. The number of nitrogens with zero attached hydrogens (tertiary/aromatic N) is 1. The molecule has 2 aromatic rings. The summed E-state index contributed by atoms with van der Waals surface area (Å²) in [6, 6.07) is 8.41. The third-order valence-corrected chi connectivity index (χ3v) is 3.64. The van der Waals surface area contributed by atoms with Crippen LogP contribution >= 0.6 is 11.8 Å². The maximum atomic E-state index is 5.81. The van der Waals surface area contributed by atoms with E-state index in [2.05, 4.69) is 36.2 Å². The fraction of sp³-hybridized carbons (Fsp3) is 0.308. The Balaban J connectivity index is 2.13. The standard InChI is InChI=1S/C13H16N2OS/c1-9-3-5-11(6-4-9)12(7-14)17-13-15-10(2)8-16-13/h3-6,8,12H,7,14H2,1-2H3. The fourth-order valence-electron chi connectivity index (χ4n) is 1.54. The number of thioether (sulfide) groups is 1. The van der Waals surface area contributed by atoms with E-state index in [-0.39, 0.29) is 5.25 Å². The second-order valence-corrected chi connectivity index (χ2v) is 5.16. The average molecular weight is 248 g/mol. The van der Waals surface area contributed by atoms with Crippen LogP contribution in [0.25, 0.3) is 0 Å². The van der Waals surface area contributed by atoms with Crippen molar-refractivity contribution in [3.8, 4) is 0 Å². The normalized spacial score (nSPS) is 12.6. The van der Waals surface area contributed by atoms with Gasteiger partial charge in [-0.15, -0.1) is 0 Å². The summed E-state index contributed by atoms with van der Waals surface area (Å²) in [4.78, 5) is 4.28. The van der Waals surface area contributed by atoms with Gasteiger partial charge in [-0.05, 0) is 19.4 Å². The molecule has 0 bridgehead atoms. The molecule has 1 atom stereocenters. The summed E-state index contributed by atoms with van der Waals surface area (Å²) in [7, 11) is 0. The van der Waals surface area contributed by atoms with Crippen LogP contribution in [0.1, 0.15) is 22.1 Å². The zero-order chi connectivity index (χ0) is 12.3. The van der Waals surface area contributed by atoms with Gasteiger partial charge in [0.15, 0.2) is 0 Å². The maximum Gasteiger partial charge on any atom is 0.256 e. The summed E-state index contributed by atoms with van der Waals surface area (Å²) in [5.41, 5.74) is 9.16.